The molecule has 0 aliphatic rings. The second-order valence-corrected chi connectivity index (χ2v) is 7.93. The minimum atomic E-state index is -5.08. The summed E-state index contributed by atoms with van der Waals surface area (Å²) in [4.78, 5) is 11.8. The van der Waals surface area contributed by atoms with Gasteiger partial charge in [0.15, 0.2) is 5.82 Å². The molecule has 12 heteroatoms. The third-order valence-corrected chi connectivity index (χ3v) is 5.17. The van der Waals surface area contributed by atoms with Crippen LogP contribution < -0.4 is 4.74 Å². The Bertz CT molecular complexity index is 1340. The van der Waals surface area contributed by atoms with Crippen LogP contribution in [0.3, 0.4) is 0 Å². The molecule has 2 heterocycles. The molecule has 180 valence electrons. The standard InChI is InChI=1S/C23H11Cl2F6N3O/c24-14-3-6-16(17(25)11-14)18-7-8-32-21(33-18)12-1-4-15(5-2-12)35-20-10-13(22(26,27)28)9-19(34-20)23(29,30)31/h1-11H. The van der Waals surface area contributed by atoms with Crippen LogP contribution in [0.25, 0.3) is 22.6 Å². The van der Waals surface area contributed by atoms with Gasteiger partial charge in [0.25, 0.3) is 0 Å². The van der Waals surface area contributed by atoms with Gasteiger partial charge in [-0.15, -0.1) is 0 Å². The van der Waals surface area contributed by atoms with Crippen molar-refractivity contribution in [3.05, 3.63) is 88.2 Å². The van der Waals surface area contributed by atoms with Gasteiger partial charge in [0.1, 0.15) is 11.4 Å². The number of benzene rings is 2. The van der Waals surface area contributed by atoms with Crippen LogP contribution in [0, 0.1) is 0 Å². The lowest BCUT2D eigenvalue weighted by atomic mass is 10.1. The van der Waals surface area contributed by atoms with Crippen molar-refractivity contribution in [3.8, 4) is 34.3 Å². The number of aromatic nitrogens is 3. The fourth-order valence-electron chi connectivity index (χ4n) is 3.00. The molecule has 0 fully saturated rings. The van der Waals surface area contributed by atoms with Crippen LogP contribution in [0.2, 0.25) is 10.0 Å². The summed E-state index contributed by atoms with van der Waals surface area (Å²) in [7, 11) is 0. The predicted molar refractivity (Wildman–Crippen MR) is 117 cm³/mol. The minimum Gasteiger partial charge on any atom is -0.439 e. The van der Waals surface area contributed by atoms with Crippen molar-refractivity contribution in [2.24, 2.45) is 0 Å². The summed E-state index contributed by atoms with van der Waals surface area (Å²) in [6, 6.07) is 12.6. The van der Waals surface area contributed by atoms with Crippen molar-refractivity contribution >= 4 is 23.2 Å². The van der Waals surface area contributed by atoms with E-state index in [0.29, 0.717) is 38.8 Å². The second kappa shape index (κ2) is 9.35. The highest BCUT2D eigenvalue weighted by molar-refractivity contribution is 6.36. The van der Waals surface area contributed by atoms with Gasteiger partial charge in [-0.2, -0.15) is 26.3 Å². The molecule has 35 heavy (non-hydrogen) atoms. The van der Waals surface area contributed by atoms with Crippen molar-refractivity contribution in [2.45, 2.75) is 12.4 Å². The first-order chi connectivity index (χ1) is 16.4. The lowest BCUT2D eigenvalue weighted by Crippen LogP contribution is -2.13. The topological polar surface area (TPSA) is 47.9 Å². The van der Waals surface area contributed by atoms with Gasteiger partial charge in [-0.05, 0) is 54.6 Å². The summed E-state index contributed by atoms with van der Waals surface area (Å²) < 4.78 is 83.3. The van der Waals surface area contributed by atoms with E-state index in [2.05, 4.69) is 15.0 Å². The van der Waals surface area contributed by atoms with Gasteiger partial charge in [-0.25, -0.2) is 15.0 Å². The molecule has 0 spiro atoms. The van der Waals surface area contributed by atoms with E-state index in [0.717, 1.165) is 0 Å². The summed E-state index contributed by atoms with van der Waals surface area (Å²) in [5.41, 5.74) is -1.60. The Morgan fingerprint density at radius 2 is 1.46 bits per heavy atom. The molecule has 0 saturated heterocycles. The summed E-state index contributed by atoms with van der Waals surface area (Å²) in [5.74, 6) is -0.585. The van der Waals surface area contributed by atoms with Crippen molar-refractivity contribution in [2.75, 3.05) is 0 Å². The lowest BCUT2D eigenvalue weighted by Gasteiger charge is -2.13. The van der Waals surface area contributed by atoms with Gasteiger partial charge in [0.2, 0.25) is 5.88 Å². The molecule has 0 N–H and O–H groups in total. The molecule has 0 atom stereocenters. The SMILES string of the molecule is FC(F)(F)c1cc(Oc2ccc(-c3nccc(-c4ccc(Cl)cc4Cl)n3)cc2)nc(C(F)(F)F)c1. The van der Waals surface area contributed by atoms with Crippen LogP contribution >= 0.6 is 23.2 Å². The van der Waals surface area contributed by atoms with Crippen molar-refractivity contribution < 1.29 is 31.1 Å². The van der Waals surface area contributed by atoms with Crippen LogP contribution in [-0.2, 0) is 12.4 Å². The fraction of sp³-hybridized carbons (Fsp3) is 0.0870. The molecule has 2 aromatic carbocycles. The van der Waals surface area contributed by atoms with Crippen molar-refractivity contribution in [1.82, 2.24) is 15.0 Å². The molecule has 0 amide bonds. The molecule has 0 bridgehead atoms. The van der Waals surface area contributed by atoms with Crippen molar-refractivity contribution in [1.29, 1.82) is 0 Å². The zero-order valence-electron chi connectivity index (χ0n) is 17.1. The number of alkyl halides is 6. The Hall–Kier alpha value is -3.37. The number of hydrogen-bond donors (Lipinski definition) is 0. The van der Waals surface area contributed by atoms with E-state index in [4.69, 9.17) is 27.9 Å². The smallest absolute Gasteiger partial charge is 0.433 e. The Morgan fingerprint density at radius 3 is 2.09 bits per heavy atom. The highest BCUT2D eigenvalue weighted by Crippen LogP contribution is 2.37. The number of pyridine rings is 1. The van der Waals surface area contributed by atoms with Gasteiger partial charge in [0.05, 0.1) is 16.3 Å². The van der Waals surface area contributed by atoms with E-state index in [1.807, 2.05) is 0 Å². The number of ether oxygens (including phenoxy) is 1. The van der Waals surface area contributed by atoms with E-state index < -0.39 is 29.5 Å². The molecule has 0 saturated carbocycles. The summed E-state index contributed by atoms with van der Waals surface area (Å²) in [6.45, 7) is 0. The van der Waals surface area contributed by atoms with Crippen LogP contribution in [0.15, 0.2) is 66.9 Å². The molecule has 2 aromatic heterocycles. The van der Waals surface area contributed by atoms with E-state index in [1.54, 1.807) is 24.3 Å². The molecule has 0 aliphatic carbocycles. The fourth-order valence-corrected chi connectivity index (χ4v) is 3.51. The third kappa shape index (κ3) is 5.83. The first-order valence-corrected chi connectivity index (χ1v) is 10.4. The molecule has 0 unspecified atom stereocenters. The lowest BCUT2D eigenvalue weighted by molar-refractivity contribution is -0.145. The normalized spacial score (nSPS) is 12.0. The van der Waals surface area contributed by atoms with Gasteiger partial charge in [-0.3, -0.25) is 0 Å². The summed E-state index contributed by atoms with van der Waals surface area (Å²) >= 11 is 12.2. The van der Waals surface area contributed by atoms with Gasteiger partial charge < -0.3 is 4.74 Å². The number of halogens is 8. The molecule has 4 nitrogen and oxygen atoms in total. The Kier molecular flexibility index (Phi) is 6.61. The predicted octanol–water partition coefficient (Wildman–Crippen LogP) is 8.34. The van der Waals surface area contributed by atoms with Crippen LogP contribution in [0.1, 0.15) is 11.3 Å². The van der Waals surface area contributed by atoms with Gasteiger partial charge in [-0.1, -0.05) is 23.2 Å². The Morgan fingerprint density at radius 1 is 0.743 bits per heavy atom. The summed E-state index contributed by atoms with van der Waals surface area (Å²) in [5, 5.41) is 0.846. The maximum atomic E-state index is 13.0. The van der Waals surface area contributed by atoms with E-state index in [1.165, 1.54) is 30.5 Å². The first kappa shape index (κ1) is 24.7. The third-order valence-electron chi connectivity index (χ3n) is 4.62. The zero-order chi connectivity index (χ0) is 25.4. The maximum Gasteiger partial charge on any atom is 0.433 e. The van der Waals surface area contributed by atoms with Crippen LogP contribution in [0.5, 0.6) is 11.6 Å². The van der Waals surface area contributed by atoms with E-state index in [9.17, 15) is 26.3 Å². The molecular formula is C23H11Cl2F6N3O. The second-order valence-electron chi connectivity index (χ2n) is 7.09. The Balaban J connectivity index is 1.61. The molecule has 4 rings (SSSR count). The van der Waals surface area contributed by atoms with Crippen molar-refractivity contribution in [3.63, 3.8) is 0 Å². The van der Waals surface area contributed by atoms with E-state index in [-0.39, 0.29) is 11.8 Å². The largest absolute Gasteiger partial charge is 0.439 e. The first-order valence-electron chi connectivity index (χ1n) is 9.63. The summed E-state index contributed by atoms with van der Waals surface area (Å²) in [6.07, 6.45) is -8.59. The average Bonchev–Trinajstić information content (AvgIpc) is 2.78. The molecular weight excluding hydrogens is 519 g/mol. The van der Waals surface area contributed by atoms with Crippen LogP contribution in [-0.4, -0.2) is 15.0 Å². The quantitative estimate of drug-likeness (QED) is 0.249. The molecule has 0 radical (unpaired) electrons. The number of nitrogens with zero attached hydrogens (tertiary/aromatic N) is 3. The monoisotopic (exact) mass is 529 g/mol. The van der Waals surface area contributed by atoms with Gasteiger partial charge >= 0.3 is 12.4 Å². The molecule has 0 aliphatic heterocycles. The van der Waals surface area contributed by atoms with Crippen LogP contribution in [0.4, 0.5) is 26.3 Å². The number of hydrogen-bond acceptors (Lipinski definition) is 4. The zero-order valence-corrected chi connectivity index (χ0v) is 18.6. The maximum absolute atomic E-state index is 13.0. The van der Waals surface area contributed by atoms with E-state index >= 15 is 0 Å². The molecule has 4 aromatic rings. The highest BCUT2D eigenvalue weighted by Gasteiger charge is 2.38. The average molecular weight is 530 g/mol. The van der Waals surface area contributed by atoms with Gasteiger partial charge in [0, 0.05) is 28.4 Å². The highest BCUT2D eigenvalue weighted by atomic mass is 35.5. The minimum absolute atomic E-state index is 0.0365. The Labute approximate surface area is 204 Å². The number of rotatable bonds is 4.